The zero-order valence-electron chi connectivity index (χ0n) is 12.0. The van der Waals surface area contributed by atoms with Crippen LogP contribution in [0.15, 0.2) is 6.33 Å². The Morgan fingerprint density at radius 2 is 1.70 bits per heavy atom. The minimum Gasteiger partial charge on any atom is -0.312 e. The molecule has 4 fully saturated rings. The molecule has 3 nitrogen and oxygen atoms in total. The largest absolute Gasteiger partial charge is 0.312 e. The van der Waals surface area contributed by atoms with Gasteiger partial charge in [-0.3, -0.25) is 0 Å². The number of nitrogens with one attached hydrogen (secondary N) is 1. The molecular weight excluding hydrogens is 246 g/mol. The van der Waals surface area contributed by atoms with Gasteiger partial charge in [-0.25, -0.2) is 9.97 Å². The van der Waals surface area contributed by atoms with Gasteiger partial charge in [0.1, 0.15) is 6.33 Å². The van der Waals surface area contributed by atoms with E-state index in [4.69, 9.17) is 4.98 Å². The van der Waals surface area contributed by atoms with E-state index in [1.165, 1.54) is 49.1 Å². The topological polar surface area (TPSA) is 37.8 Å². The van der Waals surface area contributed by atoms with E-state index in [1.807, 2.05) is 6.33 Å². The lowest BCUT2D eigenvalue weighted by Crippen LogP contribution is -2.44. The minimum atomic E-state index is 0.749. The molecule has 0 spiro atoms. The standard InChI is InChI=1S/C17H23N3/c1-2-18-8-14-15(1)19-9-20-17(14)16-12-4-10-3-11(6-12)7-13(16)5-10/h9-13,16,18H,1-8H2. The lowest BCUT2D eigenvalue weighted by atomic mass is 9.51. The minimum absolute atomic E-state index is 0.749. The summed E-state index contributed by atoms with van der Waals surface area (Å²) in [5, 5.41) is 3.52. The molecule has 0 saturated heterocycles. The molecule has 1 N–H and O–H groups in total. The predicted molar refractivity (Wildman–Crippen MR) is 77.2 cm³/mol. The Bertz CT molecular complexity index is 511. The molecule has 2 heterocycles. The molecular formula is C17H23N3. The van der Waals surface area contributed by atoms with Crippen LogP contribution in [0.4, 0.5) is 0 Å². The summed E-state index contributed by atoms with van der Waals surface area (Å²) in [6.45, 7) is 2.07. The number of aromatic nitrogens is 2. The van der Waals surface area contributed by atoms with Crippen molar-refractivity contribution in [3.8, 4) is 0 Å². The van der Waals surface area contributed by atoms with E-state index in [-0.39, 0.29) is 0 Å². The van der Waals surface area contributed by atoms with E-state index in [9.17, 15) is 0 Å². The van der Waals surface area contributed by atoms with Gasteiger partial charge in [0, 0.05) is 36.7 Å². The van der Waals surface area contributed by atoms with Gasteiger partial charge >= 0.3 is 0 Å². The molecule has 0 unspecified atom stereocenters. The van der Waals surface area contributed by atoms with Crippen LogP contribution in [0.1, 0.15) is 55.0 Å². The van der Waals surface area contributed by atoms with Crippen molar-refractivity contribution in [2.45, 2.75) is 51.0 Å². The summed E-state index contributed by atoms with van der Waals surface area (Å²) in [5.41, 5.74) is 4.20. The molecule has 0 atom stereocenters. The zero-order valence-corrected chi connectivity index (χ0v) is 12.0. The Hall–Kier alpha value is -0.960. The molecule has 1 aliphatic heterocycles. The number of hydrogen-bond acceptors (Lipinski definition) is 3. The lowest BCUT2D eigenvalue weighted by molar-refractivity contribution is -0.00460. The maximum atomic E-state index is 4.79. The Morgan fingerprint density at radius 3 is 2.45 bits per heavy atom. The van der Waals surface area contributed by atoms with E-state index < -0.39 is 0 Å². The lowest BCUT2D eigenvalue weighted by Gasteiger charge is -2.54. The second-order valence-electron chi connectivity index (χ2n) is 7.57. The number of rotatable bonds is 1. The van der Waals surface area contributed by atoms with E-state index >= 15 is 0 Å². The van der Waals surface area contributed by atoms with Gasteiger partial charge in [-0.15, -0.1) is 0 Å². The van der Waals surface area contributed by atoms with E-state index in [0.29, 0.717) is 0 Å². The van der Waals surface area contributed by atoms with Crippen LogP contribution >= 0.6 is 0 Å². The van der Waals surface area contributed by atoms with Crippen molar-refractivity contribution in [2.24, 2.45) is 23.7 Å². The Balaban J connectivity index is 1.57. The van der Waals surface area contributed by atoms with Gasteiger partial charge in [-0.05, 0) is 55.8 Å². The molecule has 0 radical (unpaired) electrons. The van der Waals surface area contributed by atoms with Crippen LogP contribution in [0.2, 0.25) is 0 Å². The molecule has 0 amide bonds. The van der Waals surface area contributed by atoms with Gasteiger partial charge in [0.25, 0.3) is 0 Å². The SMILES string of the molecule is c1nc2c(c(C3C4CC5CC(C4)CC3C5)n1)CNCC2. The van der Waals surface area contributed by atoms with E-state index in [0.717, 1.165) is 49.1 Å². The van der Waals surface area contributed by atoms with Gasteiger partial charge in [-0.2, -0.15) is 0 Å². The molecule has 106 valence electrons. The normalized spacial score (nSPS) is 41.7. The van der Waals surface area contributed by atoms with Crippen LogP contribution in [-0.4, -0.2) is 16.5 Å². The highest BCUT2D eigenvalue weighted by atomic mass is 14.9. The van der Waals surface area contributed by atoms with Crippen molar-refractivity contribution in [3.05, 3.63) is 23.3 Å². The summed E-state index contributed by atoms with van der Waals surface area (Å²) in [7, 11) is 0. The summed E-state index contributed by atoms with van der Waals surface area (Å²) in [6.07, 6.45) is 10.4. The number of fused-ring (bicyclic) bond motifs is 1. The second-order valence-corrected chi connectivity index (χ2v) is 7.57. The fourth-order valence-electron chi connectivity index (χ4n) is 5.95. The highest BCUT2D eigenvalue weighted by Crippen LogP contribution is 2.59. The van der Waals surface area contributed by atoms with Gasteiger partial charge in [0.05, 0.1) is 5.69 Å². The van der Waals surface area contributed by atoms with Gasteiger partial charge in [0.15, 0.2) is 0 Å². The molecule has 4 saturated carbocycles. The number of nitrogens with zero attached hydrogens (tertiary/aromatic N) is 2. The monoisotopic (exact) mass is 269 g/mol. The quantitative estimate of drug-likeness (QED) is 0.851. The van der Waals surface area contributed by atoms with Crippen molar-refractivity contribution >= 4 is 0 Å². The van der Waals surface area contributed by atoms with Crippen LogP contribution in [-0.2, 0) is 13.0 Å². The summed E-state index contributed by atoms with van der Waals surface area (Å²) < 4.78 is 0. The third-order valence-electron chi connectivity index (χ3n) is 6.45. The van der Waals surface area contributed by atoms with E-state index in [2.05, 4.69) is 10.3 Å². The molecule has 1 aromatic rings. The molecule has 3 heteroatoms. The molecule has 20 heavy (non-hydrogen) atoms. The van der Waals surface area contributed by atoms with Crippen molar-refractivity contribution in [1.82, 2.24) is 15.3 Å². The molecule has 0 aromatic carbocycles. The first kappa shape index (κ1) is 11.7. The average Bonchev–Trinajstić information content (AvgIpc) is 2.46. The van der Waals surface area contributed by atoms with Crippen LogP contribution in [0.5, 0.6) is 0 Å². The van der Waals surface area contributed by atoms with Crippen molar-refractivity contribution < 1.29 is 0 Å². The third-order valence-corrected chi connectivity index (χ3v) is 6.45. The van der Waals surface area contributed by atoms with Crippen molar-refractivity contribution in [3.63, 3.8) is 0 Å². The third kappa shape index (κ3) is 1.62. The molecule has 6 rings (SSSR count). The summed E-state index contributed by atoms with van der Waals surface area (Å²) >= 11 is 0. The fourth-order valence-corrected chi connectivity index (χ4v) is 5.95. The second kappa shape index (κ2) is 4.27. The molecule has 4 aliphatic carbocycles. The Kier molecular flexibility index (Phi) is 2.49. The van der Waals surface area contributed by atoms with Crippen molar-refractivity contribution in [1.29, 1.82) is 0 Å². The summed E-state index contributed by atoms with van der Waals surface area (Å²) in [4.78, 5) is 9.33. The Morgan fingerprint density at radius 1 is 0.950 bits per heavy atom. The summed E-state index contributed by atoms with van der Waals surface area (Å²) in [6, 6.07) is 0. The predicted octanol–water partition coefficient (Wildman–Crippen LogP) is 2.66. The van der Waals surface area contributed by atoms with Gasteiger partial charge in [0.2, 0.25) is 0 Å². The number of hydrogen-bond donors (Lipinski definition) is 1. The smallest absolute Gasteiger partial charge is 0.115 e. The van der Waals surface area contributed by atoms with Crippen molar-refractivity contribution in [2.75, 3.05) is 6.54 Å². The highest BCUT2D eigenvalue weighted by Gasteiger charge is 2.49. The molecule has 4 bridgehead atoms. The average molecular weight is 269 g/mol. The maximum Gasteiger partial charge on any atom is 0.115 e. The van der Waals surface area contributed by atoms with Gasteiger partial charge < -0.3 is 5.32 Å². The molecule has 1 aromatic heterocycles. The van der Waals surface area contributed by atoms with Crippen LogP contribution in [0.25, 0.3) is 0 Å². The summed E-state index contributed by atoms with van der Waals surface area (Å²) in [5.74, 6) is 4.69. The Labute approximate surface area is 120 Å². The first-order valence-corrected chi connectivity index (χ1v) is 8.42. The van der Waals surface area contributed by atoms with E-state index in [1.54, 1.807) is 0 Å². The first-order valence-electron chi connectivity index (χ1n) is 8.42. The van der Waals surface area contributed by atoms with Crippen LogP contribution < -0.4 is 5.32 Å². The highest BCUT2D eigenvalue weighted by molar-refractivity contribution is 5.31. The first-order chi connectivity index (χ1) is 9.88. The van der Waals surface area contributed by atoms with Crippen LogP contribution in [0.3, 0.4) is 0 Å². The van der Waals surface area contributed by atoms with Gasteiger partial charge in [-0.1, -0.05) is 0 Å². The maximum absolute atomic E-state index is 4.79. The fraction of sp³-hybridized carbons (Fsp3) is 0.765. The van der Waals surface area contributed by atoms with Crippen LogP contribution in [0, 0.1) is 23.7 Å². The molecule has 5 aliphatic rings. The zero-order chi connectivity index (χ0) is 13.1.